The average molecular weight is 443 g/mol. The van der Waals surface area contributed by atoms with Crippen LogP contribution >= 0.6 is 0 Å². The predicted molar refractivity (Wildman–Crippen MR) is 114 cm³/mol. The molecule has 0 spiro atoms. The molecule has 2 aromatic rings. The van der Waals surface area contributed by atoms with Crippen molar-refractivity contribution in [1.29, 1.82) is 5.26 Å². The Morgan fingerprint density at radius 1 is 1.19 bits per heavy atom. The maximum atomic E-state index is 13.1. The third-order valence-electron chi connectivity index (χ3n) is 5.21. The summed E-state index contributed by atoms with van der Waals surface area (Å²) in [7, 11) is -3.66. The van der Waals surface area contributed by atoms with Crippen molar-refractivity contribution in [3.05, 3.63) is 71.2 Å². The molecule has 1 saturated carbocycles. The van der Waals surface area contributed by atoms with Crippen molar-refractivity contribution in [3.63, 3.8) is 0 Å². The Morgan fingerprint density at radius 2 is 1.97 bits per heavy atom. The fourth-order valence-electron chi connectivity index (χ4n) is 3.28. The summed E-state index contributed by atoms with van der Waals surface area (Å²) in [4.78, 5) is 5.63. The van der Waals surface area contributed by atoms with Gasteiger partial charge in [-0.25, -0.2) is 12.8 Å². The molecule has 1 fully saturated rings. The van der Waals surface area contributed by atoms with Crippen LogP contribution in [0.15, 0.2) is 59.1 Å². The molecule has 7 nitrogen and oxygen atoms in total. The maximum absolute atomic E-state index is 13.1. The van der Waals surface area contributed by atoms with Gasteiger partial charge in [0.25, 0.3) is 0 Å². The van der Waals surface area contributed by atoms with Gasteiger partial charge in [-0.3, -0.25) is 10.3 Å². The zero-order valence-corrected chi connectivity index (χ0v) is 17.7. The first-order valence-corrected chi connectivity index (χ1v) is 11.5. The van der Waals surface area contributed by atoms with Gasteiger partial charge in [0.15, 0.2) is 0 Å². The maximum Gasteiger partial charge on any atom is 0.243 e. The van der Waals surface area contributed by atoms with E-state index in [1.807, 2.05) is 12.1 Å². The molecule has 1 aliphatic carbocycles. The number of halogens is 1. The number of nitriles is 1. The van der Waals surface area contributed by atoms with Crippen LogP contribution in [-0.2, 0) is 21.5 Å². The first kappa shape index (κ1) is 21.3. The van der Waals surface area contributed by atoms with Gasteiger partial charge in [0.1, 0.15) is 11.9 Å². The summed E-state index contributed by atoms with van der Waals surface area (Å²) in [5.41, 5.74) is 5.96. The first-order valence-electron chi connectivity index (χ1n) is 10.1. The number of nitrogens with zero attached hydrogens (tertiary/aromatic N) is 2. The van der Waals surface area contributed by atoms with Crippen LogP contribution in [0.25, 0.3) is 0 Å². The lowest BCUT2D eigenvalue weighted by molar-refractivity contribution is 0.0453. The van der Waals surface area contributed by atoms with Crippen molar-refractivity contribution < 1.29 is 17.6 Å². The van der Waals surface area contributed by atoms with Gasteiger partial charge in [0.05, 0.1) is 22.8 Å². The molecule has 4 rings (SSSR count). The number of rotatable bonds is 8. The van der Waals surface area contributed by atoms with E-state index < -0.39 is 15.8 Å². The third kappa shape index (κ3) is 5.22. The van der Waals surface area contributed by atoms with Crippen molar-refractivity contribution in [2.45, 2.75) is 36.8 Å². The first-order chi connectivity index (χ1) is 15.0. The molecule has 0 bridgehead atoms. The van der Waals surface area contributed by atoms with E-state index in [9.17, 15) is 18.1 Å². The Kier molecular flexibility index (Phi) is 6.23. The molecule has 0 atom stereocenters. The smallest absolute Gasteiger partial charge is 0.243 e. The van der Waals surface area contributed by atoms with Crippen molar-refractivity contribution >= 4 is 15.7 Å². The summed E-state index contributed by atoms with van der Waals surface area (Å²) in [5.74, 6) is -0.475. The van der Waals surface area contributed by atoms with Crippen LogP contribution in [0, 0.1) is 17.1 Å². The monoisotopic (exact) mass is 442 g/mol. The molecule has 2 aliphatic rings. The molecule has 0 amide bonds. The summed E-state index contributed by atoms with van der Waals surface area (Å²) in [6.07, 6.45) is 4.50. The highest BCUT2D eigenvalue weighted by Gasteiger charge is 2.26. The van der Waals surface area contributed by atoms with Crippen LogP contribution in [-0.4, -0.2) is 31.9 Å². The minimum atomic E-state index is -3.66. The number of anilines is 1. The summed E-state index contributed by atoms with van der Waals surface area (Å²) in [5, 5.41) is 12.7. The zero-order chi connectivity index (χ0) is 21.8. The number of hydrogen-bond acceptors (Lipinski definition) is 6. The van der Waals surface area contributed by atoms with Crippen molar-refractivity contribution in [1.82, 2.24) is 9.79 Å². The second-order valence-electron chi connectivity index (χ2n) is 7.60. The molecule has 0 saturated heterocycles. The average Bonchev–Trinajstić information content (AvgIpc) is 3.59. The molecule has 1 heterocycles. The van der Waals surface area contributed by atoms with Gasteiger partial charge < -0.3 is 5.32 Å². The summed E-state index contributed by atoms with van der Waals surface area (Å²) < 4.78 is 39.7. The second kappa shape index (κ2) is 9.06. The second-order valence-corrected chi connectivity index (χ2v) is 9.54. The normalized spacial score (nSPS) is 17.0. The van der Waals surface area contributed by atoms with E-state index in [1.165, 1.54) is 16.4 Å². The lowest BCUT2D eigenvalue weighted by Gasteiger charge is -2.26. The summed E-state index contributed by atoms with van der Waals surface area (Å²) >= 11 is 0. The molecule has 31 heavy (non-hydrogen) atoms. The Morgan fingerprint density at radius 3 is 2.61 bits per heavy atom. The predicted octanol–water partition coefficient (Wildman–Crippen LogP) is 3.27. The highest BCUT2D eigenvalue weighted by Crippen LogP contribution is 2.27. The van der Waals surface area contributed by atoms with E-state index in [1.54, 1.807) is 12.1 Å². The van der Waals surface area contributed by atoms with E-state index in [4.69, 9.17) is 4.84 Å². The number of benzene rings is 2. The Hall–Kier alpha value is -2.93. The van der Waals surface area contributed by atoms with Crippen LogP contribution in [0.3, 0.4) is 0 Å². The number of nitrogens with one attached hydrogen (secondary N) is 2. The van der Waals surface area contributed by atoms with Crippen LogP contribution in [0.1, 0.15) is 30.4 Å². The molecule has 162 valence electrons. The van der Waals surface area contributed by atoms with Gasteiger partial charge >= 0.3 is 0 Å². The van der Waals surface area contributed by atoms with E-state index in [-0.39, 0.29) is 18.0 Å². The van der Waals surface area contributed by atoms with Crippen molar-refractivity contribution in [3.8, 4) is 6.07 Å². The highest BCUT2D eigenvalue weighted by atomic mass is 32.2. The molecular formula is C22H23FN4O3S. The van der Waals surface area contributed by atoms with Gasteiger partial charge in [-0.15, -0.1) is 0 Å². The van der Waals surface area contributed by atoms with Crippen LogP contribution in [0.2, 0.25) is 0 Å². The fourth-order valence-corrected chi connectivity index (χ4v) is 4.66. The standard InChI is InChI=1S/C22H23FN4O3S/c23-18-2-6-21(7-3-18)31(28,29)27-11-9-20(10-12-27)26-30-15-16-1-8-22(17(13-16)14-24)25-19-4-5-19/h1-3,6-9,13,19,25-26H,4-5,10-12,15H2. The molecule has 1 aliphatic heterocycles. The van der Waals surface area contributed by atoms with E-state index in [0.29, 0.717) is 24.6 Å². The Balaban J connectivity index is 1.30. The molecule has 0 aromatic heterocycles. The van der Waals surface area contributed by atoms with Gasteiger partial charge in [-0.1, -0.05) is 6.07 Å². The van der Waals surface area contributed by atoms with Gasteiger partial charge in [-0.2, -0.15) is 9.57 Å². The molecular weight excluding hydrogens is 419 g/mol. The minimum Gasteiger partial charge on any atom is -0.381 e. The van der Waals surface area contributed by atoms with E-state index >= 15 is 0 Å². The van der Waals surface area contributed by atoms with Gasteiger partial charge in [0, 0.05) is 31.2 Å². The molecule has 2 aromatic carbocycles. The lowest BCUT2D eigenvalue weighted by Crippen LogP contribution is -2.36. The fraction of sp³-hybridized carbons (Fsp3) is 0.318. The van der Waals surface area contributed by atoms with Crippen LogP contribution in [0.5, 0.6) is 0 Å². The number of hydrogen-bond donors (Lipinski definition) is 2. The van der Waals surface area contributed by atoms with Crippen LogP contribution in [0.4, 0.5) is 10.1 Å². The van der Waals surface area contributed by atoms with E-state index in [0.717, 1.165) is 41.9 Å². The van der Waals surface area contributed by atoms with Gasteiger partial charge in [0.2, 0.25) is 10.0 Å². The highest BCUT2D eigenvalue weighted by molar-refractivity contribution is 7.89. The summed E-state index contributed by atoms with van der Waals surface area (Å²) in [6.45, 7) is 0.765. The van der Waals surface area contributed by atoms with Crippen LogP contribution < -0.4 is 10.8 Å². The van der Waals surface area contributed by atoms with Crippen molar-refractivity contribution in [2.75, 3.05) is 18.4 Å². The molecule has 9 heteroatoms. The van der Waals surface area contributed by atoms with Crippen molar-refractivity contribution in [2.24, 2.45) is 0 Å². The lowest BCUT2D eigenvalue weighted by atomic mass is 10.1. The summed E-state index contributed by atoms with van der Waals surface area (Å²) in [6, 6.07) is 13.1. The zero-order valence-electron chi connectivity index (χ0n) is 16.8. The molecule has 0 radical (unpaired) electrons. The van der Waals surface area contributed by atoms with E-state index in [2.05, 4.69) is 16.9 Å². The van der Waals surface area contributed by atoms with Gasteiger partial charge in [-0.05, 0) is 60.9 Å². The number of sulfonamides is 1. The largest absolute Gasteiger partial charge is 0.381 e. The third-order valence-corrected chi connectivity index (χ3v) is 7.09. The SMILES string of the molecule is N#Cc1cc(CONC2=CCN(S(=O)(=O)c3ccc(F)cc3)CC2)ccc1NC1CC1. The quantitative estimate of drug-likeness (QED) is 0.610. The number of hydroxylamine groups is 1. The molecule has 0 unspecified atom stereocenters. The minimum absolute atomic E-state index is 0.0721. The topological polar surface area (TPSA) is 94.5 Å². The Labute approximate surface area is 181 Å². The Bertz CT molecular complexity index is 1120. The molecule has 2 N–H and O–H groups in total.